The SMILES string of the molecule is COCCOC1C(O)[C@@H](CO)O[C@H]1n1ccc(N)nc1=O. The van der Waals surface area contributed by atoms with Crippen LogP contribution in [0.5, 0.6) is 0 Å². The van der Waals surface area contributed by atoms with Gasteiger partial charge in [0, 0.05) is 13.3 Å². The van der Waals surface area contributed by atoms with Crippen molar-refractivity contribution in [3.05, 3.63) is 22.7 Å². The lowest BCUT2D eigenvalue weighted by atomic mass is 10.1. The Morgan fingerprint density at radius 1 is 1.52 bits per heavy atom. The van der Waals surface area contributed by atoms with Crippen molar-refractivity contribution < 1.29 is 24.4 Å². The Hall–Kier alpha value is -1.52. The lowest BCUT2D eigenvalue weighted by molar-refractivity contribution is -0.0818. The zero-order valence-electron chi connectivity index (χ0n) is 11.6. The highest BCUT2D eigenvalue weighted by Gasteiger charge is 2.45. The van der Waals surface area contributed by atoms with Crippen LogP contribution in [-0.2, 0) is 14.2 Å². The molecule has 2 rings (SSSR count). The van der Waals surface area contributed by atoms with Gasteiger partial charge in [0.2, 0.25) is 0 Å². The fraction of sp³-hybridized carbons (Fsp3) is 0.667. The third kappa shape index (κ3) is 3.39. The Morgan fingerprint density at radius 2 is 2.29 bits per heavy atom. The summed E-state index contributed by atoms with van der Waals surface area (Å²) in [4.78, 5) is 15.5. The van der Waals surface area contributed by atoms with E-state index >= 15 is 0 Å². The second-order valence-electron chi connectivity index (χ2n) is 4.61. The van der Waals surface area contributed by atoms with Gasteiger partial charge in [0.05, 0.1) is 19.8 Å². The molecule has 1 aliphatic rings. The van der Waals surface area contributed by atoms with Gasteiger partial charge in [-0.3, -0.25) is 4.57 Å². The van der Waals surface area contributed by atoms with Crippen molar-refractivity contribution in [2.24, 2.45) is 0 Å². The number of methoxy groups -OCH3 is 1. The predicted molar refractivity (Wildman–Crippen MR) is 71.5 cm³/mol. The highest BCUT2D eigenvalue weighted by Crippen LogP contribution is 2.30. The molecule has 0 amide bonds. The summed E-state index contributed by atoms with van der Waals surface area (Å²) in [6.45, 7) is 0.154. The van der Waals surface area contributed by atoms with Crippen LogP contribution in [0.2, 0.25) is 0 Å². The largest absolute Gasteiger partial charge is 0.394 e. The summed E-state index contributed by atoms with van der Waals surface area (Å²) in [5, 5.41) is 19.3. The van der Waals surface area contributed by atoms with Crippen molar-refractivity contribution in [3.63, 3.8) is 0 Å². The fourth-order valence-corrected chi connectivity index (χ4v) is 2.16. The first-order chi connectivity index (χ1) is 10.1. The van der Waals surface area contributed by atoms with E-state index in [9.17, 15) is 15.0 Å². The van der Waals surface area contributed by atoms with E-state index in [-0.39, 0.29) is 19.0 Å². The summed E-state index contributed by atoms with van der Waals surface area (Å²) >= 11 is 0. The van der Waals surface area contributed by atoms with Gasteiger partial charge in [-0.05, 0) is 6.07 Å². The molecule has 0 aromatic carbocycles. The molecule has 1 saturated heterocycles. The minimum Gasteiger partial charge on any atom is -0.394 e. The van der Waals surface area contributed by atoms with E-state index in [0.29, 0.717) is 6.61 Å². The lowest BCUT2D eigenvalue weighted by Gasteiger charge is -2.22. The zero-order chi connectivity index (χ0) is 15.4. The van der Waals surface area contributed by atoms with Crippen LogP contribution in [0.15, 0.2) is 17.1 Å². The van der Waals surface area contributed by atoms with Gasteiger partial charge in [-0.15, -0.1) is 0 Å². The topological polar surface area (TPSA) is 129 Å². The maximum atomic E-state index is 11.9. The third-order valence-electron chi connectivity index (χ3n) is 3.22. The number of anilines is 1. The van der Waals surface area contributed by atoms with E-state index in [0.717, 1.165) is 0 Å². The number of nitrogen functional groups attached to an aromatic ring is 1. The van der Waals surface area contributed by atoms with Crippen LogP contribution in [0, 0.1) is 0 Å². The standard InChI is InChI=1S/C12H19N3O6/c1-19-4-5-20-10-9(17)7(6-16)21-11(10)15-3-2-8(13)14-12(15)18/h2-3,7,9-11,16-17H,4-6H2,1H3,(H2,13,14,18)/t7-,9?,10?,11-/m1/s1. The van der Waals surface area contributed by atoms with Crippen molar-refractivity contribution >= 4 is 5.82 Å². The molecule has 9 heteroatoms. The first kappa shape index (κ1) is 15.9. The molecule has 1 aromatic heterocycles. The molecular formula is C12H19N3O6. The summed E-state index contributed by atoms with van der Waals surface area (Å²) in [7, 11) is 1.52. The number of hydrogen-bond donors (Lipinski definition) is 3. The van der Waals surface area contributed by atoms with Crippen molar-refractivity contribution in [1.29, 1.82) is 0 Å². The van der Waals surface area contributed by atoms with Crippen molar-refractivity contribution in [3.8, 4) is 0 Å². The number of ether oxygens (including phenoxy) is 3. The van der Waals surface area contributed by atoms with E-state index in [1.807, 2.05) is 0 Å². The van der Waals surface area contributed by atoms with Crippen LogP contribution >= 0.6 is 0 Å². The molecule has 4 atom stereocenters. The van der Waals surface area contributed by atoms with Gasteiger partial charge < -0.3 is 30.2 Å². The maximum absolute atomic E-state index is 11.9. The normalized spacial score (nSPS) is 28.9. The third-order valence-corrected chi connectivity index (χ3v) is 3.22. The number of nitrogens with two attached hydrogens (primary N) is 1. The predicted octanol–water partition coefficient (Wildman–Crippen LogP) is -1.89. The van der Waals surface area contributed by atoms with Crippen LogP contribution in [-0.4, -0.2) is 65.0 Å². The zero-order valence-corrected chi connectivity index (χ0v) is 11.6. The molecule has 0 bridgehead atoms. The van der Waals surface area contributed by atoms with Crippen LogP contribution in [0.25, 0.3) is 0 Å². The summed E-state index contributed by atoms with van der Waals surface area (Å²) < 4.78 is 17.0. The summed E-state index contributed by atoms with van der Waals surface area (Å²) in [5.74, 6) is 0.0883. The highest BCUT2D eigenvalue weighted by molar-refractivity contribution is 5.23. The number of rotatable bonds is 6. The average Bonchev–Trinajstić information content (AvgIpc) is 2.76. The van der Waals surface area contributed by atoms with Gasteiger partial charge >= 0.3 is 5.69 Å². The lowest BCUT2D eigenvalue weighted by Crippen LogP contribution is -2.38. The van der Waals surface area contributed by atoms with Crippen LogP contribution in [0.1, 0.15) is 6.23 Å². The molecule has 0 saturated carbocycles. The van der Waals surface area contributed by atoms with Crippen molar-refractivity contribution in [2.75, 3.05) is 32.7 Å². The number of nitrogens with zero attached hydrogens (tertiary/aromatic N) is 2. The fourth-order valence-electron chi connectivity index (χ4n) is 2.16. The maximum Gasteiger partial charge on any atom is 0.351 e. The summed E-state index contributed by atoms with van der Waals surface area (Å²) in [6, 6.07) is 1.44. The number of aliphatic hydroxyl groups is 2. The summed E-state index contributed by atoms with van der Waals surface area (Å²) in [6.07, 6.45) is -2.21. The molecule has 118 valence electrons. The van der Waals surface area contributed by atoms with Crippen molar-refractivity contribution in [1.82, 2.24) is 9.55 Å². The summed E-state index contributed by atoms with van der Waals surface area (Å²) in [5.41, 5.74) is 4.82. The molecule has 2 unspecified atom stereocenters. The van der Waals surface area contributed by atoms with E-state index in [2.05, 4.69) is 4.98 Å². The quantitative estimate of drug-likeness (QED) is 0.520. The van der Waals surface area contributed by atoms with E-state index in [1.165, 1.54) is 23.9 Å². The Labute approximate surface area is 120 Å². The first-order valence-electron chi connectivity index (χ1n) is 6.48. The minimum absolute atomic E-state index is 0.0883. The number of aromatic nitrogens is 2. The van der Waals surface area contributed by atoms with Gasteiger partial charge in [-0.1, -0.05) is 0 Å². The first-order valence-corrected chi connectivity index (χ1v) is 6.48. The van der Waals surface area contributed by atoms with E-state index < -0.39 is 30.2 Å². The Morgan fingerprint density at radius 3 is 2.90 bits per heavy atom. The molecule has 1 aliphatic heterocycles. The molecule has 0 radical (unpaired) electrons. The second-order valence-corrected chi connectivity index (χ2v) is 4.61. The smallest absolute Gasteiger partial charge is 0.351 e. The molecule has 1 fully saturated rings. The van der Waals surface area contributed by atoms with E-state index in [4.69, 9.17) is 19.9 Å². The van der Waals surface area contributed by atoms with Crippen LogP contribution in [0.4, 0.5) is 5.82 Å². The number of aliphatic hydroxyl groups excluding tert-OH is 2. The molecule has 1 aromatic rings. The van der Waals surface area contributed by atoms with Crippen LogP contribution in [0.3, 0.4) is 0 Å². The van der Waals surface area contributed by atoms with Gasteiger partial charge in [0.1, 0.15) is 24.1 Å². The monoisotopic (exact) mass is 301 g/mol. The molecule has 0 aliphatic carbocycles. The van der Waals surface area contributed by atoms with Crippen LogP contribution < -0.4 is 11.4 Å². The average molecular weight is 301 g/mol. The Balaban J connectivity index is 2.23. The molecule has 21 heavy (non-hydrogen) atoms. The minimum atomic E-state index is -1.07. The number of hydrogen-bond acceptors (Lipinski definition) is 8. The van der Waals surface area contributed by atoms with Gasteiger partial charge in [0.15, 0.2) is 6.23 Å². The van der Waals surface area contributed by atoms with Crippen molar-refractivity contribution in [2.45, 2.75) is 24.5 Å². The molecule has 0 spiro atoms. The Kier molecular flexibility index (Phi) is 5.26. The highest BCUT2D eigenvalue weighted by atomic mass is 16.6. The van der Waals surface area contributed by atoms with Gasteiger partial charge in [-0.25, -0.2) is 4.79 Å². The van der Waals surface area contributed by atoms with E-state index in [1.54, 1.807) is 0 Å². The van der Waals surface area contributed by atoms with Gasteiger partial charge in [-0.2, -0.15) is 4.98 Å². The molecular weight excluding hydrogens is 282 g/mol. The Bertz CT molecular complexity index is 522. The second kappa shape index (κ2) is 6.96. The molecule has 9 nitrogen and oxygen atoms in total. The molecule has 4 N–H and O–H groups in total. The van der Waals surface area contributed by atoms with Gasteiger partial charge in [0.25, 0.3) is 0 Å². The molecule has 2 heterocycles.